The number of benzene rings is 1. The first kappa shape index (κ1) is 17.4. The van der Waals surface area contributed by atoms with Crippen molar-refractivity contribution in [2.75, 3.05) is 6.54 Å². The van der Waals surface area contributed by atoms with Crippen LogP contribution >= 0.6 is 0 Å². The van der Waals surface area contributed by atoms with Crippen molar-refractivity contribution in [2.45, 2.75) is 25.7 Å². The van der Waals surface area contributed by atoms with Crippen LogP contribution in [-0.2, 0) is 19.6 Å². The molecule has 1 saturated heterocycles. The molecule has 1 fully saturated rings. The third-order valence-corrected chi connectivity index (χ3v) is 6.25. The van der Waals surface area contributed by atoms with Crippen LogP contribution in [0.15, 0.2) is 64.6 Å². The Balaban J connectivity index is 2.11. The normalized spacial score (nSPS) is 19.2. The zero-order chi connectivity index (χ0) is 18.4. The molecule has 0 atom stereocenters. The fraction of sp³-hybridized carbons (Fsp3) is 0.263. The quantitative estimate of drug-likeness (QED) is 0.763. The Morgan fingerprint density at radius 2 is 1.60 bits per heavy atom. The van der Waals surface area contributed by atoms with Crippen molar-refractivity contribution in [3.05, 3.63) is 65.3 Å². The average molecular weight is 357 g/mol. The molecule has 1 heterocycles. The minimum absolute atomic E-state index is 0.0389. The van der Waals surface area contributed by atoms with Gasteiger partial charge in [-0.1, -0.05) is 35.4 Å². The predicted molar refractivity (Wildman–Crippen MR) is 94.2 cm³/mol. The Labute approximate surface area is 147 Å². The second-order valence-electron chi connectivity index (χ2n) is 6.61. The summed E-state index contributed by atoms with van der Waals surface area (Å²) in [6, 6.07) is 6.40. The summed E-state index contributed by atoms with van der Waals surface area (Å²) in [5.74, 6) is -0.713. The molecule has 0 bridgehead atoms. The Kier molecular flexibility index (Phi) is 4.03. The summed E-state index contributed by atoms with van der Waals surface area (Å²) in [4.78, 5) is 24.5. The Morgan fingerprint density at radius 1 is 1.04 bits per heavy atom. The summed E-state index contributed by atoms with van der Waals surface area (Å²) in [6.07, 6.45) is 6.02. The molecule has 1 amide bonds. The molecule has 2 aliphatic rings. The topological polar surface area (TPSA) is 71.5 Å². The molecule has 0 unspecified atom stereocenters. The summed E-state index contributed by atoms with van der Waals surface area (Å²) in [6.45, 7) is 5.37. The number of allylic oxidation sites excluding steroid dienone is 3. The van der Waals surface area contributed by atoms with Crippen LogP contribution in [0.5, 0.6) is 0 Å². The number of nitrogens with zero attached hydrogens (tertiary/aromatic N) is 1. The van der Waals surface area contributed by atoms with Gasteiger partial charge in [0.15, 0.2) is 5.78 Å². The van der Waals surface area contributed by atoms with E-state index < -0.39 is 21.3 Å². The number of hydrogen-bond acceptors (Lipinski definition) is 4. The molecular weight excluding hydrogens is 338 g/mol. The van der Waals surface area contributed by atoms with Gasteiger partial charge in [-0.2, -0.15) is 0 Å². The molecule has 1 aliphatic carbocycles. The standard InChI is InChI=1S/C19H19NO4S/c1-13(2)17-18(22)20(12-19(17)10-8-15(21)9-11-19)25(23,24)16-6-4-14(3)5-7-16/h4-11H,12H2,1-3H3. The summed E-state index contributed by atoms with van der Waals surface area (Å²) in [7, 11) is -3.96. The number of sulfonamides is 1. The van der Waals surface area contributed by atoms with Gasteiger partial charge in [0, 0.05) is 5.57 Å². The molecule has 0 N–H and O–H groups in total. The molecular formula is C19H19NO4S. The lowest BCUT2D eigenvalue weighted by Gasteiger charge is -2.24. The maximum Gasteiger partial charge on any atom is 0.266 e. The summed E-state index contributed by atoms with van der Waals surface area (Å²) in [5.41, 5.74) is 1.19. The lowest BCUT2D eigenvalue weighted by atomic mass is 9.77. The van der Waals surface area contributed by atoms with Gasteiger partial charge in [0.1, 0.15) is 0 Å². The number of carbonyl (C=O) groups excluding carboxylic acids is 2. The monoisotopic (exact) mass is 357 g/mol. The SMILES string of the molecule is CC(C)=C1C(=O)N(S(=O)(=O)c2ccc(C)cc2)CC12C=CC(=O)C=C2. The lowest BCUT2D eigenvalue weighted by Crippen LogP contribution is -2.34. The van der Waals surface area contributed by atoms with Gasteiger partial charge in [0.2, 0.25) is 0 Å². The largest absolute Gasteiger partial charge is 0.290 e. The second kappa shape index (κ2) is 5.81. The van der Waals surface area contributed by atoms with E-state index in [0.717, 1.165) is 15.4 Å². The van der Waals surface area contributed by atoms with E-state index in [9.17, 15) is 18.0 Å². The van der Waals surface area contributed by atoms with Crippen molar-refractivity contribution in [1.29, 1.82) is 0 Å². The van der Waals surface area contributed by atoms with Crippen molar-refractivity contribution in [1.82, 2.24) is 4.31 Å². The van der Waals surface area contributed by atoms with Gasteiger partial charge in [-0.25, -0.2) is 12.7 Å². The Hall–Kier alpha value is -2.47. The number of ketones is 1. The molecule has 6 heteroatoms. The highest BCUT2D eigenvalue weighted by atomic mass is 32.2. The van der Waals surface area contributed by atoms with E-state index in [1.54, 1.807) is 38.1 Å². The first-order valence-corrected chi connectivity index (χ1v) is 9.35. The van der Waals surface area contributed by atoms with Gasteiger partial charge >= 0.3 is 0 Å². The van der Waals surface area contributed by atoms with Gasteiger partial charge in [-0.3, -0.25) is 9.59 Å². The van der Waals surface area contributed by atoms with Gasteiger partial charge < -0.3 is 0 Å². The minimum atomic E-state index is -3.96. The van der Waals surface area contributed by atoms with Gasteiger partial charge in [0.25, 0.3) is 15.9 Å². The average Bonchev–Trinajstić information content (AvgIpc) is 2.84. The van der Waals surface area contributed by atoms with E-state index >= 15 is 0 Å². The molecule has 130 valence electrons. The number of hydrogen-bond donors (Lipinski definition) is 0. The fourth-order valence-corrected chi connectivity index (χ4v) is 4.70. The van der Waals surface area contributed by atoms with E-state index in [2.05, 4.69) is 0 Å². The molecule has 0 radical (unpaired) electrons. The molecule has 1 aliphatic heterocycles. The first-order valence-electron chi connectivity index (χ1n) is 7.91. The van der Waals surface area contributed by atoms with Crippen molar-refractivity contribution in [3.63, 3.8) is 0 Å². The van der Waals surface area contributed by atoms with Crippen LogP contribution < -0.4 is 0 Å². The molecule has 1 aromatic carbocycles. The fourth-order valence-electron chi connectivity index (χ4n) is 3.27. The van der Waals surface area contributed by atoms with Crippen LogP contribution in [0.25, 0.3) is 0 Å². The second-order valence-corrected chi connectivity index (χ2v) is 8.48. The zero-order valence-corrected chi connectivity index (χ0v) is 15.1. The number of aryl methyl sites for hydroxylation is 1. The molecule has 0 saturated carbocycles. The van der Waals surface area contributed by atoms with Gasteiger partial charge in [-0.15, -0.1) is 0 Å². The van der Waals surface area contributed by atoms with E-state index in [0.29, 0.717) is 5.57 Å². The maximum atomic E-state index is 13.0. The molecule has 3 rings (SSSR count). The van der Waals surface area contributed by atoms with Crippen molar-refractivity contribution in [3.8, 4) is 0 Å². The number of rotatable bonds is 2. The van der Waals surface area contributed by atoms with Crippen molar-refractivity contribution in [2.24, 2.45) is 5.41 Å². The third-order valence-electron chi connectivity index (χ3n) is 4.51. The van der Waals surface area contributed by atoms with Crippen LogP contribution in [0.4, 0.5) is 0 Å². The van der Waals surface area contributed by atoms with Crippen LogP contribution in [0.2, 0.25) is 0 Å². The number of carbonyl (C=O) groups is 2. The van der Waals surface area contributed by atoms with Crippen molar-refractivity contribution < 1.29 is 18.0 Å². The van der Waals surface area contributed by atoms with Crippen molar-refractivity contribution >= 4 is 21.7 Å². The van der Waals surface area contributed by atoms with Crippen LogP contribution in [0.1, 0.15) is 19.4 Å². The summed E-state index contributed by atoms with van der Waals surface area (Å²) >= 11 is 0. The predicted octanol–water partition coefficient (Wildman–Crippen LogP) is 2.54. The van der Waals surface area contributed by atoms with Gasteiger partial charge in [-0.05, 0) is 45.1 Å². The highest BCUT2D eigenvalue weighted by Gasteiger charge is 2.50. The minimum Gasteiger partial charge on any atom is -0.290 e. The Morgan fingerprint density at radius 3 is 2.12 bits per heavy atom. The summed E-state index contributed by atoms with van der Waals surface area (Å²) in [5, 5.41) is 0. The third kappa shape index (κ3) is 2.76. The smallest absolute Gasteiger partial charge is 0.266 e. The van der Waals surface area contributed by atoms with E-state index in [1.165, 1.54) is 24.3 Å². The van der Waals surface area contributed by atoms with Crippen LogP contribution in [0.3, 0.4) is 0 Å². The summed E-state index contributed by atoms with van der Waals surface area (Å²) < 4.78 is 26.9. The highest BCUT2D eigenvalue weighted by Crippen LogP contribution is 2.44. The highest BCUT2D eigenvalue weighted by molar-refractivity contribution is 7.89. The Bertz CT molecular complexity index is 930. The zero-order valence-electron chi connectivity index (χ0n) is 14.3. The van der Waals surface area contributed by atoms with Gasteiger partial charge in [0.05, 0.1) is 16.9 Å². The molecule has 1 aromatic rings. The first-order chi connectivity index (χ1) is 11.7. The number of amides is 1. The van der Waals surface area contributed by atoms with Crippen LogP contribution in [-0.4, -0.2) is 31.0 Å². The molecule has 0 aromatic heterocycles. The maximum absolute atomic E-state index is 13.0. The lowest BCUT2D eigenvalue weighted by molar-refractivity contribution is -0.120. The van der Waals surface area contributed by atoms with Crippen LogP contribution in [0, 0.1) is 12.3 Å². The van der Waals surface area contributed by atoms with E-state index in [1.807, 2.05) is 6.92 Å². The molecule has 1 spiro atoms. The van der Waals surface area contributed by atoms with E-state index in [-0.39, 0.29) is 17.2 Å². The molecule has 5 nitrogen and oxygen atoms in total. The van der Waals surface area contributed by atoms with E-state index in [4.69, 9.17) is 0 Å². The molecule has 25 heavy (non-hydrogen) atoms.